The minimum atomic E-state index is -0.282. The number of amides is 1. The van der Waals surface area contributed by atoms with Crippen molar-refractivity contribution in [2.45, 2.75) is 12.8 Å². The van der Waals surface area contributed by atoms with Crippen molar-refractivity contribution in [2.24, 2.45) is 0 Å². The average molecular weight is 290 g/mol. The van der Waals surface area contributed by atoms with Gasteiger partial charge >= 0.3 is 5.97 Å². The Bertz CT molecular complexity index is 663. The highest BCUT2D eigenvalue weighted by Crippen LogP contribution is 2.22. The minimum Gasteiger partial charge on any atom is -0.469 e. The number of furan rings is 1. The molecule has 0 radical (unpaired) electrons. The third kappa shape index (κ3) is 3.53. The Balaban J connectivity index is 2.02. The molecule has 112 valence electrons. The number of nitrogens with zero attached hydrogens (tertiary/aromatic N) is 1. The first-order chi connectivity index (χ1) is 10.0. The van der Waals surface area contributed by atoms with Gasteiger partial charge in [-0.1, -0.05) is 0 Å². The summed E-state index contributed by atoms with van der Waals surface area (Å²) in [5, 5.41) is 0.793. The van der Waals surface area contributed by atoms with Gasteiger partial charge < -0.3 is 19.8 Å². The van der Waals surface area contributed by atoms with Crippen LogP contribution in [0.4, 0.5) is 5.69 Å². The first kappa shape index (κ1) is 14.9. The molecule has 6 heteroatoms. The maximum Gasteiger partial charge on any atom is 0.305 e. The van der Waals surface area contributed by atoms with Crippen LogP contribution < -0.4 is 5.73 Å². The number of hydrogen-bond donors (Lipinski definition) is 1. The zero-order valence-electron chi connectivity index (χ0n) is 12.1. The number of carbonyl (C=O) groups is 2. The lowest BCUT2D eigenvalue weighted by molar-refractivity contribution is -0.140. The molecule has 1 aromatic carbocycles. The largest absolute Gasteiger partial charge is 0.469 e. The predicted molar refractivity (Wildman–Crippen MR) is 78.8 cm³/mol. The molecule has 0 aliphatic heterocycles. The molecule has 0 fully saturated rings. The number of ether oxygens (including phenoxy) is 1. The Morgan fingerprint density at radius 3 is 2.81 bits per heavy atom. The second kappa shape index (κ2) is 6.30. The fourth-order valence-corrected chi connectivity index (χ4v) is 2.02. The van der Waals surface area contributed by atoms with Crippen molar-refractivity contribution in [3.8, 4) is 0 Å². The Kier molecular flexibility index (Phi) is 4.47. The number of carbonyl (C=O) groups excluding carboxylic acids is 2. The van der Waals surface area contributed by atoms with Crippen LogP contribution in [-0.4, -0.2) is 37.5 Å². The lowest BCUT2D eigenvalue weighted by Crippen LogP contribution is -2.27. The van der Waals surface area contributed by atoms with Crippen molar-refractivity contribution < 1.29 is 18.7 Å². The van der Waals surface area contributed by atoms with Crippen LogP contribution in [0.1, 0.15) is 23.4 Å². The van der Waals surface area contributed by atoms with Crippen LogP contribution in [0.5, 0.6) is 0 Å². The molecular formula is C15H18N2O4. The van der Waals surface area contributed by atoms with E-state index in [1.54, 1.807) is 31.3 Å². The predicted octanol–water partition coefficient (Wildman–Crippen LogP) is 2.04. The number of rotatable bonds is 5. The van der Waals surface area contributed by atoms with Crippen LogP contribution in [-0.2, 0) is 9.53 Å². The quantitative estimate of drug-likeness (QED) is 0.672. The normalized spacial score (nSPS) is 10.6. The molecule has 0 aliphatic rings. The van der Waals surface area contributed by atoms with Crippen LogP contribution in [0.15, 0.2) is 28.7 Å². The molecule has 0 aliphatic carbocycles. The third-order valence-electron chi connectivity index (χ3n) is 3.20. The standard InChI is InChI=1S/C15H18N2O4/c1-17(7-3-4-14(18)20-2)15(19)13-9-10-8-11(16)5-6-12(10)21-13/h5-6,8-9H,3-4,7,16H2,1-2H3. The summed E-state index contributed by atoms with van der Waals surface area (Å²) in [4.78, 5) is 24.8. The zero-order valence-corrected chi connectivity index (χ0v) is 12.1. The second-order valence-corrected chi connectivity index (χ2v) is 4.81. The summed E-state index contributed by atoms with van der Waals surface area (Å²) in [6.07, 6.45) is 0.826. The molecule has 1 aromatic heterocycles. The monoisotopic (exact) mass is 290 g/mol. The Morgan fingerprint density at radius 1 is 1.33 bits per heavy atom. The van der Waals surface area contributed by atoms with Crippen molar-refractivity contribution >= 4 is 28.5 Å². The summed E-state index contributed by atoms with van der Waals surface area (Å²) in [7, 11) is 3.01. The first-order valence-corrected chi connectivity index (χ1v) is 6.62. The second-order valence-electron chi connectivity index (χ2n) is 4.81. The van der Waals surface area contributed by atoms with E-state index in [0.717, 1.165) is 5.39 Å². The third-order valence-corrected chi connectivity index (χ3v) is 3.20. The van der Waals surface area contributed by atoms with Gasteiger partial charge in [-0.25, -0.2) is 0 Å². The van der Waals surface area contributed by atoms with Crippen molar-refractivity contribution in [1.29, 1.82) is 0 Å². The SMILES string of the molecule is COC(=O)CCCN(C)C(=O)c1cc2cc(N)ccc2o1. The number of benzene rings is 1. The van der Waals surface area contributed by atoms with E-state index in [1.807, 2.05) is 0 Å². The highest BCUT2D eigenvalue weighted by atomic mass is 16.5. The maximum atomic E-state index is 12.2. The molecule has 6 nitrogen and oxygen atoms in total. The maximum absolute atomic E-state index is 12.2. The molecule has 0 saturated heterocycles. The first-order valence-electron chi connectivity index (χ1n) is 6.62. The number of fused-ring (bicyclic) bond motifs is 1. The summed E-state index contributed by atoms with van der Waals surface area (Å²) < 4.78 is 10.1. The van der Waals surface area contributed by atoms with Gasteiger partial charge in [0.05, 0.1) is 7.11 Å². The number of methoxy groups -OCH3 is 1. The van der Waals surface area contributed by atoms with Gasteiger partial charge in [0.25, 0.3) is 5.91 Å². The molecule has 2 aromatic rings. The van der Waals surface area contributed by atoms with E-state index in [9.17, 15) is 9.59 Å². The average Bonchev–Trinajstić information content (AvgIpc) is 2.88. The number of nitrogen functional groups attached to an aromatic ring is 1. The van der Waals surface area contributed by atoms with Gasteiger partial charge in [-0.15, -0.1) is 0 Å². The van der Waals surface area contributed by atoms with Gasteiger partial charge in [0.1, 0.15) is 5.58 Å². The smallest absolute Gasteiger partial charge is 0.305 e. The number of hydrogen-bond acceptors (Lipinski definition) is 5. The molecular weight excluding hydrogens is 272 g/mol. The van der Waals surface area contributed by atoms with Crippen molar-refractivity contribution in [1.82, 2.24) is 4.90 Å². The van der Waals surface area contributed by atoms with Gasteiger partial charge in [0, 0.05) is 31.1 Å². The van der Waals surface area contributed by atoms with Crippen LogP contribution in [0, 0.1) is 0 Å². The Morgan fingerprint density at radius 2 is 2.10 bits per heavy atom. The fourth-order valence-electron chi connectivity index (χ4n) is 2.02. The van der Waals surface area contributed by atoms with E-state index in [4.69, 9.17) is 10.2 Å². The molecule has 1 heterocycles. The van der Waals surface area contributed by atoms with Crippen molar-refractivity contribution in [3.63, 3.8) is 0 Å². The van der Waals surface area contributed by atoms with E-state index in [2.05, 4.69) is 4.74 Å². The molecule has 0 saturated carbocycles. The molecule has 0 spiro atoms. The van der Waals surface area contributed by atoms with Crippen LogP contribution in [0.3, 0.4) is 0 Å². The lowest BCUT2D eigenvalue weighted by atomic mass is 10.2. The Hall–Kier alpha value is -2.50. The van der Waals surface area contributed by atoms with Gasteiger partial charge in [-0.2, -0.15) is 0 Å². The number of nitrogens with two attached hydrogens (primary N) is 1. The fraction of sp³-hybridized carbons (Fsp3) is 0.333. The highest BCUT2D eigenvalue weighted by molar-refractivity contribution is 5.96. The molecule has 21 heavy (non-hydrogen) atoms. The molecule has 0 bridgehead atoms. The zero-order chi connectivity index (χ0) is 15.4. The molecule has 0 unspecified atom stereocenters. The van der Waals surface area contributed by atoms with Crippen LogP contribution in [0.2, 0.25) is 0 Å². The molecule has 0 atom stereocenters. The summed E-state index contributed by atoms with van der Waals surface area (Å²) in [6, 6.07) is 6.89. The van der Waals surface area contributed by atoms with E-state index in [-0.39, 0.29) is 24.1 Å². The minimum absolute atomic E-state index is 0.227. The van der Waals surface area contributed by atoms with Gasteiger partial charge in [0.2, 0.25) is 0 Å². The van der Waals surface area contributed by atoms with E-state index < -0.39 is 0 Å². The molecule has 1 amide bonds. The number of anilines is 1. The van der Waals surface area contributed by atoms with E-state index >= 15 is 0 Å². The molecule has 2 rings (SSSR count). The van der Waals surface area contributed by atoms with Gasteiger partial charge in [-0.05, 0) is 30.7 Å². The molecule has 2 N–H and O–H groups in total. The summed E-state index contributed by atoms with van der Waals surface area (Å²) in [6.45, 7) is 0.452. The van der Waals surface area contributed by atoms with E-state index in [1.165, 1.54) is 12.0 Å². The number of esters is 1. The Labute approximate surface area is 122 Å². The lowest BCUT2D eigenvalue weighted by Gasteiger charge is -2.14. The van der Waals surface area contributed by atoms with Crippen LogP contribution >= 0.6 is 0 Å². The van der Waals surface area contributed by atoms with Crippen molar-refractivity contribution in [3.05, 3.63) is 30.0 Å². The topological polar surface area (TPSA) is 85.8 Å². The van der Waals surface area contributed by atoms with Crippen molar-refractivity contribution in [2.75, 3.05) is 26.4 Å². The van der Waals surface area contributed by atoms with Gasteiger partial charge in [0.15, 0.2) is 5.76 Å². The summed E-state index contributed by atoms with van der Waals surface area (Å²) >= 11 is 0. The van der Waals surface area contributed by atoms with E-state index in [0.29, 0.717) is 24.2 Å². The van der Waals surface area contributed by atoms with Crippen LogP contribution in [0.25, 0.3) is 11.0 Å². The van der Waals surface area contributed by atoms with Gasteiger partial charge in [-0.3, -0.25) is 9.59 Å². The summed E-state index contributed by atoms with van der Waals surface area (Å²) in [5.41, 5.74) is 6.94. The summed E-state index contributed by atoms with van der Waals surface area (Å²) in [5.74, 6) is -0.249. The highest BCUT2D eigenvalue weighted by Gasteiger charge is 2.17.